The van der Waals surface area contributed by atoms with Gasteiger partial charge < -0.3 is 20.5 Å². The number of likely N-dealkylation sites (N-methyl/N-ethyl adjacent to an activating group) is 1. The third-order valence-corrected chi connectivity index (χ3v) is 8.83. The maximum absolute atomic E-state index is 13.7. The molecule has 1 saturated heterocycles. The molecule has 11 heteroatoms. The fourth-order valence-electron chi connectivity index (χ4n) is 6.44. The number of aromatic nitrogens is 5. The number of hydrogen-bond donors (Lipinski definition) is 2. The molecule has 42 heavy (non-hydrogen) atoms. The van der Waals surface area contributed by atoms with E-state index in [2.05, 4.69) is 52.9 Å². The van der Waals surface area contributed by atoms with Gasteiger partial charge in [-0.05, 0) is 56.5 Å². The van der Waals surface area contributed by atoms with Gasteiger partial charge in [-0.2, -0.15) is 0 Å². The topological polar surface area (TPSA) is 101 Å². The first-order chi connectivity index (χ1) is 20.4. The van der Waals surface area contributed by atoms with E-state index in [9.17, 15) is 8.78 Å². The van der Waals surface area contributed by atoms with Gasteiger partial charge in [0.1, 0.15) is 17.8 Å². The highest BCUT2D eigenvalue weighted by atomic mass is 19.2. The van der Waals surface area contributed by atoms with Crippen LogP contribution in [-0.4, -0.2) is 73.6 Å². The van der Waals surface area contributed by atoms with Crippen LogP contribution in [0.2, 0.25) is 0 Å². The molecule has 3 aromatic heterocycles. The number of nitrogen functional groups attached to an aromatic ring is 1. The van der Waals surface area contributed by atoms with Crippen LogP contribution in [0.25, 0.3) is 33.1 Å². The zero-order chi connectivity index (χ0) is 28.8. The molecule has 1 aliphatic carbocycles. The molecule has 9 nitrogen and oxygen atoms in total. The average Bonchev–Trinajstić information content (AvgIpc) is 3.40. The molecule has 1 saturated carbocycles. The van der Waals surface area contributed by atoms with Gasteiger partial charge >= 0.3 is 0 Å². The fraction of sp³-hybridized carbons (Fsp3) is 0.355. The van der Waals surface area contributed by atoms with Gasteiger partial charge in [0.2, 0.25) is 5.95 Å². The molecule has 7 rings (SSSR count). The number of nitrogens with two attached hydrogens (primary N) is 1. The number of piperazine rings is 1. The average molecular weight is 570 g/mol. The lowest BCUT2D eigenvalue weighted by atomic mass is 9.89. The van der Waals surface area contributed by atoms with Gasteiger partial charge in [0, 0.05) is 73.4 Å². The third-order valence-electron chi connectivity index (χ3n) is 8.83. The molecule has 0 spiro atoms. The van der Waals surface area contributed by atoms with Gasteiger partial charge in [-0.3, -0.25) is 4.90 Å². The number of rotatable bonds is 5. The number of anilines is 3. The molecule has 1 aliphatic heterocycles. The van der Waals surface area contributed by atoms with Crippen molar-refractivity contribution in [2.45, 2.75) is 37.8 Å². The van der Waals surface area contributed by atoms with Gasteiger partial charge in [-0.25, -0.2) is 28.7 Å². The molecule has 0 bridgehead atoms. The molecule has 0 unspecified atom stereocenters. The summed E-state index contributed by atoms with van der Waals surface area (Å²) in [5.74, 6) is -1.10. The smallest absolute Gasteiger partial charge is 0.227 e. The summed E-state index contributed by atoms with van der Waals surface area (Å²) < 4.78 is 29.5. The molecule has 2 aliphatic rings. The van der Waals surface area contributed by atoms with Crippen LogP contribution in [0, 0.1) is 11.6 Å². The summed E-state index contributed by atoms with van der Waals surface area (Å²) in [4.78, 5) is 22.6. The third kappa shape index (κ3) is 5.03. The van der Waals surface area contributed by atoms with Crippen molar-refractivity contribution in [3.05, 3.63) is 66.8 Å². The van der Waals surface area contributed by atoms with E-state index in [4.69, 9.17) is 5.73 Å². The first kappa shape index (κ1) is 26.7. The molecule has 0 atom stereocenters. The maximum atomic E-state index is 13.7. The Labute approximate surface area is 242 Å². The Morgan fingerprint density at radius 3 is 2.36 bits per heavy atom. The van der Waals surface area contributed by atoms with Crippen LogP contribution in [0.15, 0.2) is 55.1 Å². The minimum Gasteiger partial charge on any atom is -0.383 e. The maximum Gasteiger partial charge on any atom is 0.227 e. The van der Waals surface area contributed by atoms with Crippen molar-refractivity contribution in [2.75, 3.05) is 44.3 Å². The van der Waals surface area contributed by atoms with E-state index < -0.39 is 11.6 Å². The Balaban J connectivity index is 1.12. The van der Waals surface area contributed by atoms with Gasteiger partial charge in [0.25, 0.3) is 0 Å². The molecule has 2 aromatic carbocycles. The van der Waals surface area contributed by atoms with Crippen LogP contribution in [0.5, 0.6) is 0 Å². The molecule has 0 amide bonds. The second kappa shape index (κ2) is 10.9. The number of hydrogen-bond acceptors (Lipinski definition) is 8. The van der Waals surface area contributed by atoms with E-state index in [-0.39, 0.29) is 0 Å². The highest BCUT2D eigenvalue weighted by Crippen LogP contribution is 2.39. The summed E-state index contributed by atoms with van der Waals surface area (Å²) in [6.07, 6.45) is 9.78. The van der Waals surface area contributed by atoms with Crippen LogP contribution >= 0.6 is 0 Å². The standard InChI is InChI=1S/C31H33F2N9/c1-40-10-12-41(13-11-40)22-6-8-23(9-7-22)42-17-24(28-29(34)36-18-37-30(28)42)19-2-4-21(5-3-19)38-31-35-16-20-14-25(32)26(33)15-27(20)39-31/h2-5,14-18,22-23H,6-13H2,1H3,(H2,34,36,37)(H,35,38,39)/t22-,23+. The lowest BCUT2D eigenvalue weighted by molar-refractivity contribution is 0.0828. The Morgan fingerprint density at radius 1 is 0.881 bits per heavy atom. The zero-order valence-electron chi connectivity index (χ0n) is 23.5. The van der Waals surface area contributed by atoms with Gasteiger partial charge in [0.05, 0.1) is 10.9 Å². The summed E-state index contributed by atoms with van der Waals surface area (Å²) in [6, 6.07) is 11.1. The second-order valence-corrected chi connectivity index (χ2v) is 11.4. The monoisotopic (exact) mass is 569 g/mol. The number of nitrogens with one attached hydrogen (secondary N) is 1. The van der Waals surface area contributed by atoms with Crippen LogP contribution in [0.4, 0.5) is 26.2 Å². The molecule has 4 heterocycles. The van der Waals surface area contributed by atoms with Crippen molar-refractivity contribution in [3.63, 3.8) is 0 Å². The fourth-order valence-corrected chi connectivity index (χ4v) is 6.44. The molecule has 2 fully saturated rings. The van der Waals surface area contributed by atoms with Crippen LogP contribution < -0.4 is 11.1 Å². The Morgan fingerprint density at radius 2 is 1.60 bits per heavy atom. The molecule has 5 aromatic rings. The lowest BCUT2D eigenvalue weighted by Crippen LogP contribution is -2.49. The van der Waals surface area contributed by atoms with Gasteiger partial charge in [0.15, 0.2) is 11.6 Å². The van der Waals surface area contributed by atoms with Crippen LogP contribution in [0.3, 0.4) is 0 Å². The van der Waals surface area contributed by atoms with E-state index in [1.54, 1.807) is 6.33 Å². The first-order valence-electron chi connectivity index (χ1n) is 14.5. The number of benzene rings is 2. The molecular weight excluding hydrogens is 536 g/mol. The quantitative estimate of drug-likeness (QED) is 0.291. The summed E-state index contributed by atoms with van der Waals surface area (Å²) in [5, 5.41) is 4.44. The largest absolute Gasteiger partial charge is 0.383 e. The van der Waals surface area contributed by atoms with Crippen molar-refractivity contribution in [3.8, 4) is 11.1 Å². The van der Waals surface area contributed by atoms with E-state index in [1.807, 2.05) is 24.3 Å². The minimum atomic E-state index is -0.943. The van der Waals surface area contributed by atoms with Crippen molar-refractivity contribution < 1.29 is 8.78 Å². The lowest BCUT2D eigenvalue weighted by Gasteiger charge is -2.41. The van der Waals surface area contributed by atoms with Crippen molar-refractivity contribution >= 4 is 39.4 Å². The highest BCUT2D eigenvalue weighted by Gasteiger charge is 2.30. The van der Waals surface area contributed by atoms with Crippen LogP contribution in [0.1, 0.15) is 31.7 Å². The summed E-state index contributed by atoms with van der Waals surface area (Å²) >= 11 is 0. The zero-order valence-corrected chi connectivity index (χ0v) is 23.5. The molecule has 216 valence electrons. The van der Waals surface area contributed by atoms with E-state index in [0.29, 0.717) is 34.8 Å². The van der Waals surface area contributed by atoms with Crippen molar-refractivity contribution in [2.24, 2.45) is 0 Å². The van der Waals surface area contributed by atoms with Crippen molar-refractivity contribution in [1.82, 2.24) is 34.3 Å². The van der Waals surface area contributed by atoms with E-state index >= 15 is 0 Å². The SMILES string of the molecule is CN1CCN([C@H]2CC[C@@H](n3cc(-c4ccc(Nc5ncc6cc(F)c(F)cc6n5)cc4)c4c(N)ncnc43)CC2)CC1. The van der Waals surface area contributed by atoms with E-state index in [0.717, 1.165) is 79.0 Å². The normalized spacial score (nSPS) is 20.4. The number of nitrogens with zero attached hydrogens (tertiary/aromatic N) is 7. The Kier molecular flexibility index (Phi) is 6.91. The molecular formula is C31H33F2N9. The number of halogens is 2. The van der Waals surface area contributed by atoms with E-state index in [1.165, 1.54) is 19.0 Å². The predicted octanol–water partition coefficient (Wildman–Crippen LogP) is 5.38. The summed E-state index contributed by atoms with van der Waals surface area (Å²) in [5.41, 5.74) is 10.4. The Bertz CT molecular complexity index is 1740. The highest BCUT2D eigenvalue weighted by molar-refractivity contribution is 6.00. The summed E-state index contributed by atoms with van der Waals surface area (Å²) in [6.45, 7) is 4.60. The van der Waals surface area contributed by atoms with Gasteiger partial charge in [-0.1, -0.05) is 12.1 Å². The molecule has 0 radical (unpaired) electrons. The molecule has 3 N–H and O–H groups in total. The first-order valence-corrected chi connectivity index (χ1v) is 14.5. The van der Waals surface area contributed by atoms with Crippen molar-refractivity contribution in [1.29, 1.82) is 0 Å². The summed E-state index contributed by atoms with van der Waals surface area (Å²) in [7, 11) is 2.20. The minimum absolute atomic E-state index is 0.294. The van der Waals surface area contributed by atoms with Crippen LogP contribution in [-0.2, 0) is 0 Å². The second-order valence-electron chi connectivity index (χ2n) is 11.4. The van der Waals surface area contributed by atoms with Gasteiger partial charge in [-0.15, -0.1) is 0 Å². The predicted molar refractivity (Wildman–Crippen MR) is 160 cm³/mol. The Hall–Kier alpha value is -4.22. The number of fused-ring (bicyclic) bond motifs is 2.